The van der Waals surface area contributed by atoms with Gasteiger partial charge >= 0.3 is 0 Å². The molecule has 1 amide bonds. The monoisotopic (exact) mass is 277 g/mol. The molecule has 2 aromatic rings. The number of nitrogens with zero attached hydrogens (tertiary/aromatic N) is 1. The van der Waals surface area contributed by atoms with Crippen molar-refractivity contribution in [1.29, 1.82) is 0 Å². The topological polar surface area (TPSA) is 20.3 Å². The smallest absolute Gasteiger partial charge is 0.223 e. The Labute approximate surface area is 116 Å². The van der Waals surface area contributed by atoms with Gasteiger partial charge in [0.15, 0.2) is 0 Å². The number of thiol groups is 1. The van der Waals surface area contributed by atoms with Crippen molar-refractivity contribution >= 4 is 40.0 Å². The van der Waals surface area contributed by atoms with E-state index >= 15 is 0 Å². The summed E-state index contributed by atoms with van der Waals surface area (Å²) in [5, 5.41) is 1.27. The Morgan fingerprint density at radius 3 is 2.94 bits per heavy atom. The molecule has 1 fully saturated rings. The van der Waals surface area contributed by atoms with Crippen LogP contribution < -0.4 is 0 Å². The maximum Gasteiger partial charge on any atom is 0.223 e. The van der Waals surface area contributed by atoms with E-state index in [1.807, 2.05) is 4.90 Å². The van der Waals surface area contributed by atoms with Crippen LogP contribution in [0.3, 0.4) is 0 Å². The first-order chi connectivity index (χ1) is 8.76. The third-order valence-electron chi connectivity index (χ3n) is 3.38. The third kappa shape index (κ3) is 2.27. The second-order valence-corrected chi connectivity index (χ2v) is 6.31. The van der Waals surface area contributed by atoms with E-state index in [-0.39, 0.29) is 5.91 Å². The van der Waals surface area contributed by atoms with Crippen LogP contribution in [0.25, 0.3) is 10.1 Å². The SMILES string of the molecule is O=C1CC(CS)CN1Cc1cc2ccccc2s1. The van der Waals surface area contributed by atoms with Crippen LogP contribution in [-0.4, -0.2) is 23.1 Å². The Hall–Kier alpha value is -1.00. The summed E-state index contributed by atoms with van der Waals surface area (Å²) in [7, 11) is 0. The molecule has 0 radical (unpaired) electrons. The van der Waals surface area contributed by atoms with Gasteiger partial charge in [0.1, 0.15) is 0 Å². The predicted molar refractivity (Wildman–Crippen MR) is 79.2 cm³/mol. The highest BCUT2D eigenvalue weighted by Gasteiger charge is 2.28. The van der Waals surface area contributed by atoms with Gasteiger partial charge in [0.2, 0.25) is 5.91 Å². The van der Waals surface area contributed by atoms with Crippen LogP contribution in [-0.2, 0) is 11.3 Å². The fourth-order valence-corrected chi connectivity index (χ4v) is 3.76. The van der Waals surface area contributed by atoms with Gasteiger partial charge in [-0.05, 0) is 29.2 Å². The zero-order chi connectivity index (χ0) is 12.5. The van der Waals surface area contributed by atoms with E-state index in [0.29, 0.717) is 12.3 Å². The van der Waals surface area contributed by atoms with Crippen LogP contribution in [0.1, 0.15) is 11.3 Å². The summed E-state index contributed by atoms with van der Waals surface area (Å²) in [6, 6.07) is 10.6. The van der Waals surface area contributed by atoms with Gasteiger partial charge in [0.25, 0.3) is 0 Å². The molecule has 0 N–H and O–H groups in total. The van der Waals surface area contributed by atoms with E-state index in [9.17, 15) is 4.79 Å². The van der Waals surface area contributed by atoms with Crippen LogP contribution in [0.5, 0.6) is 0 Å². The molecule has 1 atom stereocenters. The first kappa shape index (κ1) is 12.1. The normalized spacial score (nSPS) is 19.9. The van der Waals surface area contributed by atoms with Crippen LogP contribution in [0.4, 0.5) is 0 Å². The van der Waals surface area contributed by atoms with E-state index < -0.39 is 0 Å². The first-order valence-electron chi connectivity index (χ1n) is 6.12. The largest absolute Gasteiger partial charge is 0.337 e. The number of likely N-dealkylation sites (tertiary alicyclic amines) is 1. The lowest BCUT2D eigenvalue weighted by molar-refractivity contribution is -0.128. The summed E-state index contributed by atoms with van der Waals surface area (Å²) in [6.45, 7) is 1.61. The molecule has 1 unspecified atom stereocenters. The van der Waals surface area contributed by atoms with Crippen molar-refractivity contribution in [3.8, 4) is 0 Å². The zero-order valence-electron chi connectivity index (χ0n) is 10.0. The molecule has 2 nitrogen and oxygen atoms in total. The third-order valence-corrected chi connectivity index (χ3v) is 4.99. The lowest BCUT2D eigenvalue weighted by atomic mass is 10.1. The average Bonchev–Trinajstić information content (AvgIpc) is 2.93. The Morgan fingerprint density at radius 1 is 1.39 bits per heavy atom. The second-order valence-electron chi connectivity index (χ2n) is 4.78. The second kappa shape index (κ2) is 4.94. The van der Waals surface area contributed by atoms with E-state index in [0.717, 1.165) is 18.8 Å². The summed E-state index contributed by atoms with van der Waals surface area (Å²) >= 11 is 6.07. The molecule has 0 aliphatic carbocycles. The Kier molecular flexibility index (Phi) is 3.31. The number of rotatable bonds is 3. The maximum absolute atomic E-state index is 11.9. The fourth-order valence-electron chi connectivity index (χ4n) is 2.43. The van der Waals surface area contributed by atoms with Gasteiger partial charge in [-0.1, -0.05) is 18.2 Å². The number of carbonyl (C=O) groups excluding carboxylic acids is 1. The molecule has 1 saturated heterocycles. The van der Waals surface area contributed by atoms with Crippen LogP contribution in [0, 0.1) is 5.92 Å². The summed E-state index contributed by atoms with van der Waals surface area (Å²) in [4.78, 5) is 15.1. The Morgan fingerprint density at radius 2 is 2.22 bits per heavy atom. The molecule has 1 aromatic carbocycles. The van der Waals surface area contributed by atoms with Gasteiger partial charge in [0, 0.05) is 22.5 Å². The van der Waals surface area contributed by atoms with Gasteiger partial charge in [-0.3, -0.25) is 4.79 Å². The lowest BCUT2D eigenvalue weighted by Gasteiger charge is -2.14. The number of fused-ring (bicyclic) bond motifs is 1. The lowest BCUT2D eigenvalue weighted by Crippen LogP contribution is -2.24. The number of hydrogen-bond acceptors (Lipinski definition) is 3. The highest BCUT2D eigenvalue weighted by atomic mass is 32.1. The number of carbonyl (C=O) groups is 1. The van der Waals surface area contributed by atoms with Gasteiger partial charge < -0.3 is 4.90 Å². The molecule has 18 heavy (non-hydrogen) atoms. The molecule has 1 aromatic heterocycles. The minimum absolute atomic E-state index is 0.270. The number of thiophene rings is 1. The molecule has 94 valence electrons. The average molecular weight is 277 g/mol. The number of hydrogen-bond donors (Lipinski definition) is 1. The van der Waals surface area contributed by atoms with Crippen molar-refractivity contribution in [3.05, 3.63) is 35.2 Å². The van der Waals surface area contributed by atoms with Crippen molar-refractivity contribution in [3.63, 3.8) is 0 Å². The van der Waals surface area contributed by atoms with Gasteiger partial charge in [-0.2, -0.15) is 12.6 Å². The van der Waals surface area contributed by atoms with Crippen LogP contribution in [0.2, 0.25) is 0 Å². The molecule has 1 aliphatic heterocycles. The molecule has 1 aliphatic rings. The molecule has 0 saturated carbocycles. The van der Waals surface area contributed by atoms with Crippen molar-refractivity contribution in [2.45, 2.75) is 13.0 Å². The zero-order valence-corrected chi connectivity index (χ0v) is 11.7. The Balaban J connectivity index is 1.78. The van der Waals surface area contributed by atoms with E-state index in [2.05, 4.69) is 43.0 Å². The quantitative estimate of drug-likeness (QED) is 0.854. The first-order valence-corrected chi connectivity index (χ1v) is 7.57. The van der Waals surface area contributed by atoms with Gasteiger partial charge in [-0.25, -0.2) is 0 Å². The number of benzene rings is 1. The minimum atomic E-state index is 0.270. The van der Waals surface area contributed by atoms with E-state index in [1.165, 1.54) is 15.0 Å². The van der Waals surface area contributed by atoms with E-state index in [4.69, 9.17) is 0 Å². The highest BCUT2D eigenvalue weighted by molar-refractivity contribution is 7.80. The summed E-state index contributed by atoms with van der Waals surface area (Å²) in [6.07, 6.45) is 0.661. The van der Waals surface area contributed by atoms with Crippen molar-refractivity contribution in [1.82, 2.24) is 4.90 Å². The van der Waals surface area contributed by atoms with Crippen molar-refractivity contribution in [2.75, 3.05) is 12.3 Å². The summed E-state index contributed by atoms with van der Waals surface area (Å²) in [5.74, 6) is 1.50. The van der Waals surface area contributed by atoms with Crippen LogP contribution >= 0.6 is 24.0 Å². The molecule has 2 heterocycles. The standard InChI is InChI=1S/C14H15NOS2/c16-14-5-10(9-17)7-15(14)8-12-6-11-3-1-2-4-13(11)18-12/h1-4,6,10,17H,5,7-9H2. The minimum Gasteiger partial charge on any atom is -0.337 e. The fraction of sp³-hybridized carbons (Fsp3) is 0.357. The molecular weight excluding hydrogens is 262 g/mol. The van der Waals surface area contributed by atoms with Gasteiger partial charge in [-0.15, -0.1) is 11.3 Å². The summed E-state index contributed by atoms with van der Waals surface area (Å²) < 4.78 is 1.30. The molecule has 4 heteroatoms. The molecule has 3 rings (SSSR count). The summed E-state index contributed by atoms with van der Waals surface area (Å²) in [5.41, 5.74) is 0. The van der Waals surface area contributed by atoms with E-state index in [1.54, 1.807) is 11.3 Å². The molecule has 0 bridgehead atoms. The van der Waals surface area contributed by atoms with Gasteiger partial charge in [0.05, 0.1) is 6.54 Å². The van der Waals surface area contributed by atoms with Crippen molar-refractivity contribution < 1.29 is 4.79 Å². The molecular formula is C14H15NOS2. The number of amides is 1. The Bertz CT molecular complexity index is 545. The molecule has 0 spiro atoms. The maximum atomic E-state index is 11.9. The van der Waals surface area contributed by atoms with Crippen molar-refractivity contribution in [2.24, 2.45) is 5.92 Å². The predicted octanol–water partition coefficient (Wildman–Crippen LogP) is 3.18. The van der Waals surface area contributed by atoms with Crippen LogP contribution in [0.15, 0.2) is 30.3 Å². The highest BCUT2D eigenvalue weighted by Crippen LogP contribution is 2.28.